The maximum atomic E-state index is 12.1. The molecule has 0 spiro atoms. The summed E-state index contributed by atoms with van der Waals surface area (Å²) < 4.78 is 5.47. The minimum absolute atomic E-state index is 0.0860. The van der Waals surface area contributed by atoms with Crippen molar-refractivity contribution in [3.8, 4) is 5.75 Å². The average Bonchev–Trinajstić information content (AvgIpc) is 2.83. The Bertz CT molecular complexity index is 434. The fraction of sp³-hybridized carbons (Fsp3) is 0.467. The van der Waals surface area contributed by atoms with Gasteiger partial charge in [-0.25, -0.2) is 0 Å². The number of rotatable bonds is 5. The molecule has 1 aromatic rings. The van der Waals surface area contributed by atoms with Crippen molar-refractivity contribution < 1.29 is 14.3 Å². The molecular formula is C15H18O3. The molecule has 0 aliphatic heterocycles. The Balaban J connectivity index is 2.00. The van der Waals surface area contributed by atoms with Gasteiger partial charge in [-0.05, 0) is 37.1 Å². The van der Waals surface area contributed by atoms with Crippen molar-refractivity contribution >= 4 is 11.6 Å². The lowest BCUT2D eigenvalue weighted by atomic mass is 9.96. The summed E-state index contributed by atoms with van der Waals surface area (Å²) in [6, 6.07) is 7.21. The van der Waals surface area contributed by atoms with Crippen LogP contribution in [0.5, 0.6) is 5.75 Å². The molecular weight excluding hydrogens is 228 g/mol. The van der Waals surface area contributed by atoms with Crippen molar-refractivity contribution in [1.29, 1.82) is 0 Å². The summed E-state index contributed by atoms with van der Waals surface area (Å²) in [6.07, 6.45) is 2.62. The van der Waals surface area contributed by atoms with E-state index < -0.39 is 0 Å². The Hall–Kier alpha value is -1.64. The van der Waals surface area contributed by atoms with E-state index in [-0.39, 0.29) is 17.5 Å². The molecule has 1 saturated carbocycles. The standard InChI is InChI=1S/C15H18O3/c1-2-9-18-14-7-4-11(5-8-14)15(17)12-3-6-13(16)10-12/h4-5,7-8,12H,2-3,6,9-10H2,1H3. The predicted molar refractivity (Wildman–Crippen MR) is 68.9 cm³/mol. The molecule has 0 radical (unpaired) electrons. The first-order chi connectivity index (χ1) is 8.70. The van der Waals surface area contributed by atoms with Crippen molar-refractivity contribution in [3.05, 3.63) is 29.8 Å². The van der Waals surface area contributed by atoms with Gasteiger partial charge in [0, 0.05) is 24.3 Å². The van der Waals surface area contributed by atoms with E-state index in [2.05, 4.69) is 6.92 Å². The quantitative estimate of drug-likeness (QED) is 0.750. The smallest absolute Gasteiger partial charge is 0.166 e. The number of ketones is 2. The van der Waals surface area contributed by atoms with Crippen molar-refractivity contribution in [2.45, 2.75) is 32.6 Å². The lowest BCUT2D eigenvalue weighted by Gasteiger charge is -2.08. The van der Waals surface area contributed by atoms with E-state index in [1.54, 1.807) is 12.1 Å². The zero-order valence-corrected chi connectivity index (χ0v) is 10.6. The second kappa shape index (κ2) is 5.80. The molecule has 2 rings (SSSR count). The van der Waals surface area contributed by atoms with Crippen LogP contribution in [-0.2, 0) is 4.79 Å². The fourth-order valence-corrected chi connectivity index (χ4v) is 2.21. The lowest BCUT2D eigenvalue weighted by molar-refractivity contribution is -0.117. The molecule has 1 fully saturated rings. The normalized spacial score (nSPS) is 18.9. The molecule has 0 aromatic heterocycles. The Morgan fingerprint density at radius 1 is 1.33 bits per heavy atom. The van der Waals surface area contributed by atoms with Gasteiger partial charge in [-0.3, -0.25) is 9.59 Å². The Kier molecular flexibility index (Phi) is 4.13. The first-order valence-electron chi connectivity index (χ1n) is 6.49. The molecule has 1 atom stereocenters. The summed E-state index contributed by atoms with van der Waals surface area (Å²) in [5.74, 6) is 0.968. The van der Waals surface area contributed by atoms with Gasteiger partial charge in [0.2, 0.25) is 0 Å². The van der Waals surface area contributed by atoms with Gasteiger partial charge in [-0.2, -0.15) is 0 Å². The van der Waals surface area contributed by atoms with Crippen LogP contribution >= 0.6 is 0 Å². The molecule has 1 aromatic carbocycles. The van der Waals surface area contributed by atoms with Gasteiger partial charge < -0.3 is 4.74 Å². The van der Waals surface area contributed by atoms with E-state index in [1.807, 2.05) is 12.1 Å². The molecule has 0 amide bonds. The van der Waals surface area contributed by atoms with E-state index in [4.69, 9.17) is 4.74 Å². The van der Waals surface area contributed by atoms with Crippen LogP contribution in [0, 0.1) is 5.92 Å². The second-order valence-corrected chi connectivity index (χ2v) is 4.72. The summed E-state index contributed by atoms with van der Waals surface area (Å²) in [4.78, 5) is 23.3. The van der Waals surface area contributed by atoms with Gasteiger partial charge in [0.25, 0.3) is 0 Å². The van der Waals surface area contributed by atoms with Gasteiger partial charge in [0.1, 0.15) is 11.5 Å². The topological polar surface area (TPSA) is 43.4 Å². The summed E-state index contributed by atoms with van der Waals surface area (Å²) in [6.45, 7) is 2.74. The third-order valence-corrected chi connectivity index (χ3v) is 3.23. The number of hydrogen-bond acceptors (Lipinski definition) is 3. The fourth-order valence-electron chi connectivity index (χ4n) is 2.21. The lowest BCUT2D eigenvalue weighted by Crippen LogP contribution is -2.11. The summed E-state index contributed by atoms with van der Waals surface area (Å²) in [7, 11) is 0. The first kappa shape index (κ1) is 12.8. The SMILES string of the molecule is CCCOc1ccc(C(=O)C2CCC(=O)C2)cc1. The second-order valence-electron chi connectivity index (χ2n) is 4.72. The number of Topliss-reactive ketones (excluding diaryl/α,β-unsaturated/α-hetero) is 2. The van der Waals surface area contributed by atoms with Crippen LogP contribution in [0.3, 0.4) is 0 Å². The third kappa shape index (κ3) is 2.97. The van der Waals surface area contributed by atoms with Crippen LogP contribution in [0.25, 0.3) is 0 Å². The van der Waals surface area contributed by atoms with Crippen LogP contribution in [0.2, 0.25) is 0 Å². The monoisotopic (exact) mass is 246 g/mol. The number of hydrogen-bond donors (Lipinski definition) is 0. The highest BCUT2D eigenvalue weighted by Crippen LogP contribution is 2.26. The van der Waals surface area contributed by atoms with Crippen molar-refractivity contribution in [2.75, 3.05) is 6.61 Å². The van der Waals surface area contributed by atoms with E-state index in [1.165, 1.54) is 0 Å². The van der Waals surface area contributed by atoms with Crippen molar-refractivity contribution in [2.24, 2.45) is 5.92 Å². The predicted octanol–water partition coefficient (Wildman–Crippen LogP) is 3.03. The largest absolute Gasteiger partial charge is 0.494 e. The summed E-state index contributed by atoms with van der Waals surface area (Å²) in [5.41, 5.74) is 0.679. The number of benzene rings is 1. The van der Waals surface area contributed by atoms with Crippen molar-refractivity contribution in [3.63, 3.8) is 0 Å². The van der Waals surface area contributed by atoms with Crippen LogP contribution < -0.4 is 4.74 Å². The zero-order chi connectivity index (χ0) is 13.0. The van der Waals surface area contributed by atoms with Crippen LogP contribution in [-0.4, -0.2) is 18.2 Å². The van der Waals surface area contributed by atoms with E-state index >= 15 is 0 Å². The average molecular weight is 246 g/mol. The first-order valence-corrected chi connectivity index (χ1v) is 6.49. The number of carbonyl (C=O) groups is 2. The van der Waals surface area contributed by atoms with Gasteiger partial charge in [-0.1, -0.05) is 6.92 Å². The minimum Gasteiger partial charge on any atom is -0.494 e. The highest BCUT2D eigenvalue weighted by Gasteiger charge is 2.28. The van der Waals surface area contributed by atoms with Crippen LogP contribution in [0.4, 0.5) is 0 Å². The molecule has 3 nitrogen and oxygen atoms in total. The molecule has 0 N–H and O–H groups in total. The molecule has 1 aliphatic carbocycles. The highest BCUT2D eigenvalue weighted by atomic mass is 16.5. The Morgan fingerprint density at radius 2 is 2.06 bits per heavy atom. The van der Waals surface area contributed by atoms with Gasteiger partial charge >= 0.3 is 0 Å². The van der Waals surface area contributed by atoms with E-state index in [0.29, 0.717) is 31.4 Å². The number of ether oxygens (including phenoxy) is 1. The molecule has 0 saturated heterocycles. The van der Waals surface area contributed by atoms with Crippen molar-refractivity contribution in [1.82, 2.24) is 0 Å². The van der Waals surface area contributed by atoms with E-state index in [0.717, 1.165) is 12.2 Å². The minimum atomic E-state index is -0.111. The molecule has 18 heavy (non-hydrogen) atoms. The Morgan fingerprint density at radius 3 is 2.61 bits per heavy atom. The van der Waals surface area contributed by atoms with Gasteiger partial charge in [0.15, 0.2) is 5.78 Å². The molecule has 0 heterocycles. The third-order valence-electron chi connectivity index (χ3n) is 3.23. The van der Waals surface area contributed by atoms with Crippen LogP contribution in [0.15, 0.2) is 24.3 Å². The molecule has 1 aliphatic rings. The van der Waals surface area contributed by atoms with E-state index in [9.17, 15) is 9.59 Å². The molecule has 96 valence electrons. The maximum absolute atomic E-state index is 12.1. The molecule has 1 unspecified atom stereocenters. The summed E-state index contributed by atoms with van der Waals surface area (Å²) >= 11 is 0. The zero-order valence-electron chi connectivity index (χ0n) is 10.6. The van der Waals surface area contributed by atoms with Crippen LogP contribution in [0.1, 0.15) is 43.0 Å². The molecule has 3 heteroatoms. The maximum Gasteiger partial charge on any atom is 0.166 e. The number of carbonyl (C=O) groups excluding carboxylic acids is 2. The molecule has 0 bridgehead atoms. The highest BCUT2D eigenvalue weighted by molar-refractivity contribution is 6.01. The van der Waals surface area contributed by atoms with Gasteiger partial charge in [-0.15, -0.1) is 0 Å². The summed E-state index contributed by atoms with van der Waals surface area (Å²) in [5, 5.41) is 0. The Labute approximate surface area is 107 Å². The van der Waals surface area contributed by atoms with Gasteiger partial charge in [0.05, 0.1) is 6.61 Å².